The number of aryl methyl sites for hydroxylation is 1. The second-order valence-corrected chi connectivity index (χ2v) is 2.57. The summed E-state index contributed by atoms with van der Waals surface area (Å²) >= 11 is 0. The molecular formula is C6H5FN4O2. The molecule has 13 heavy (non-hydrogen) atoms. The lowest BCUT2D eigenvalue weighted by atomic mass is 10.5. The van der Waals surface area contributed by atoms with Crippen molar-refractivity contribution in [3.8, 4) is 0 Å². The zero-order chi connectivity index (χ0) is 9.59. The molecule has 0 bridgehead atoms. The standard InChI is InChI=1S/C6H5FN4O2/c1-10-2-8-3-4(10)9-6(13)11(7)5(3)12/h2H,1H3,(H,9,13). The topological polar surface area (TPSA) is 72.7 Å². The lowest BCUT2D eigenvalue weighted by Gasteiger charge is -1.93. The molecule has 0 aliphatic rings. The monoisotopic (exact) mass is 184 g/mol. The maximum absolute atomic E-state index is 12.7. The number of hydrogen-bond donors (Lipinski definition) is 1. The summed E-state index contributed by atoms with van der Waals surface area (Å²) in [5.74, 6) is 0. The van der Waals surface area contributed by atoms with E-state index in [1.807, 2.05) is 0 Å². The molecule has 0 atom stereocenters. The molecule has 2 rings (SSSR count). The SMILES string of the molecule is Cn1cnc2c(=O)n(F)c(=O)[nH]c21. The van der Waals surface area contributed by atoms with Gasteiger partial charge in [0.1, 0.15) is 5.65 Å². The Bertz CT molecular complexity index is 578. The highest BCUT2D eigenvalue weighted by molar-refractivity contribution is 5.68. The normalized spacial score (nSPS) is 10.9. The second-order valence-electron chi connectivity index (χ2n) is 2.57. The van der Waals surface area contributed by atoms with Crippen LogP contribution in [0.5, 0.6) is 0 Å². The Morgan fingerprint density at radius 2 is 2.23 bits per heavy atom. The van der Waals surface area contributed by atoms with E-state index in [0.29, 0.717) is 0 Å². The molecule has 0 aromatic carbocycles. The Morgan fingerprint density at radius 1 is 1.54 bits per heavy atom. The van der Waals surface area contributed by atoms with Gasteiger partial charge >= 0.3 is 11.2 Å². The Kier molecular flexibility index (Phi) is 1.35. The molecule has 0 spiro atoms. The van der Waals surface area contributed by atoms with Gasteiger partial charge in [-0.25, -0.2) is 9.78 Å². The summed E-state index contributed by atoms with van der Waals surface area (Å²) in [7, 11) is 1.59. The van der Waals surface area contributed by atoms with Crippen molar-refractivity contribution in [1.29, 1.82) is 0 Å². The van der Waals surface area contributed by atoms with Gasteiger partial charge in [-0.1, -0.05) is 9.27 Å². The highest BCUT2D eigenvalue weighted by Gasteiger charge is 2.09. The van der Waals surface area contributed by atoms with Crippen LogP contribution in [0.15, 0.2) is 15.9 Å². The van der Waals surface area contributed by atoms with Crippen LogP contribution < -0.4 is 11.2 Å². The number of aromatic nitrogens is 4. The van der Waals surface area contributed by atoms with Crippen molar-refractivity contribution in [2.45, 2.75) is 0 Å². The van der Waals surface area contributed by atoms with Gasteiger partial charge in [-0.2, -0.15) is 0 Å². The summed E-state index contributed by atoms with van der Waals surface area (Å²) in [6.45, 7) is 0. The number of aromatic amines is 1. The fraction of sp³-hybridized carbons (Fsp3) is 0.167. The van der Waals surface area contributed by atoms with Gasteiger partial charge in [-0.3, -0.25) is 9.78 Å². The molecule has 0 unspecified atom stereocenters. The smallest absolute Gasteiger partial charge is 0.320 e. The van der Waals surface area contributed by atoms with Crippen LogP contribution in [-0.2, 0) is 7.05 Å². The molecule has 2 heterocycles. The zero-order valence-electron chi connectivity index (χ0n) is 6.61. The summed E-state index contributed by atoms with van der Waals surface area (Å²) in [6.07, 6.45) is 1.32. The first-order chi connectivity index (χ1) is 6.11. The number of fused-ring (bicyclic) bond motifs is 1. The number of nitrogens with zero attached hydrogens (tertiary/aromatic N) is 3. The second kappa shape index (κ2) is 2.28. The van der Waals surface area contributed by atoms with Crippen molar-refractivity contribution >= 4 is 11.2 Å². The van der Waals surface area contributed by atoms with Crippen LogP contribution >= 0.6 is 0 Å². The Hall–Kier alpha value is -1.92. The van der Waals surface area contributed by atoms with E-state index < -0.39 is 16.0 Å². The number of hydrogen-bond acceptors (Lipinski definition) is 3. The fourth-order valence-electron chi connectivity index (χ4n) is 1.07. The zero-order valence-corrected chi connectivity index (χ0v) is 6.61. The minimum Gasteiger partial charge on any atom is -0.320 e. The van der Waals surface area contributed by atoms with E-state index in [1.165, 1.54) is 10.9 Å². The van der Waals surface area contributed by atoms with Crippen molar-refractivity contribution in [3.63, 3.8) is 0 Å². The molecule has 68 valence electrons. The largest absolute Gasteiger partial charge is 0.358 e. The van der Waals surface area contributed by atoms with E-state index in [2.05, 4.69) is 9.97 Å². The summed E-state index contributed by atoms with van der Waals surface area (Å²) in [4.78, 5) is 27.2. The first-order valence-electron chi connectivity index (χ1n) is 3.44. The Balaban J connectivity index is 3.14. The highest BCUT2D eigenvalue weighted by atomic mass is 19.2. The van der Waals surface area contributed by atoms with E-state index in [4.69, 9.17) is 0 Å². The van der Waals surface area contributed by atoms with Gasteiger partial charge in [0, 0.05) is 7.05 Å². The predicted octanol–water partition coefficient (Wildman–Crippen LogP) is -0.844. The van der Waals surface area contributed by atoms with Gasteiger partial charge in [0.25, 0.3) is 0 Å². The number of imidazole rings is 1. The van der Waals surface area contributed by atoms with Gasteiger partial charge in [-0.05, 0) is 0 Å². The molecule has 2 aromatic heterocycles. The summed E-state index contributed by atoms with van der Waals surface area (Å²) in [5.41, 5.74) is -2.02. The number of nitrogens with one attached hydrogen (secondary N) is 1. The molecular weight excluding hydrogens is 179 g/mol. The van der Waals surface area contributed by atoms with Crippen LogP contribution in [0.1, 0.15) is 0 Å². The third-order valence-electron chi connectivity index (χ3n) is 1.72. The third kappa shape index (κ3) is 0.897. The highest BCUT2D eigenvalue weighted by Crippen LogP contribution is 1.99. The van der Waals surface area contributed by atoms with Crippen LogP contribution in [-0.4, -0.2) is 19.3 Å². The number of rotatable bonds is 0. The van der Waals surface area contributed by atoms with E-state index in [0.717, 1.165) is 0 Å². The fourth-order valence-corrected chi connectivity index (χ4v) is 1.07. The molecule has 0 amide bonds. The van der Waals surface area contributed by atoms with Gasteiger partial charge < -0.3 is 4.57 Å². The number of halogens is 1. The van der Waals surface area contributed by atoms with Crippen molar-refractivity contribution in [2.24, 2.45) is 7.05 Å². The van der Waals surface area contributed by atoms with Crippen LogP contribution in [0, 0.1) is 0 Å². The van der Waals surface area contributed by atoms with Crippen LogP contribution in [0.2, 0.25) is 0 Å². The van der Waals surface area contributed by atoms with Crippen LogP contribution in [0.25, 0.3) is 11.2 Å². The molecule has 0 radical (unpaired) electrons. The molecule has 0 saturated carbocycles. The van der Waals surface area contributed by atoms with Gasteiger partial charge in [0.15, 0.2) is 5.52 Å². The summed E-state index contributed by atoms with van der Waals surface area (Å²) < 4.78 is 14.1. The first kappa shape index (κ1) is 7.71. The van der Waals surface area contributed by atoms with Crippen molar-refractivity contribution < 1.29 is 4.48 Å². The average Bonchev–Trinajstić information content (AvgIpc) is 2.45. The quantitative estimate of drug-likeness (QED) is 0.580. The molecule has 0 fully saturated rings. The van der Waals surface area contributed by atoms with E-state index >= 15 is 0 Å². The van der Waals surface area contributed by atoms with Crippen molar-refractivity contribution in [2.75, 3.05) is 0 Å². The third-order valence-corrected chi connectivity index (χ3v) is 1.72. The maximum atomic E-state index is 12.7. The lowest BCUT2D eigenvalue weighted by Crippen LogP contribution is -2.30. The van der Waals surface area contributed by atoms with Gasteiger partial charge in [0.05, 0.1) is 6.33 Å². The lowest BCUT2D eigenvalue weighted by molar-refractivity contribution is 0.333. The summed E-state index contributed by atoms with van der Waals surface area (Å²) in [6, 6.07) is 0. The van der Waals surface area contributed by atoms with Crippen LogP contribution in [0.3, 0.4) is 0 Å². The number of H-pyrrole nitrogens is 1. The predicted molar refractivity (Wildman–Crippen MR) is 42.1 cm³/mol. The molecule has 6 nitrogen and oxygen atoms in total. The molecule has 1 N–H and O–H groups in total. The minimum absolute atomic E-state index is 0.0930. The average molecular weight is 184 g/mol. The summed E-state index contributed by atoms with van der Waals surface area (Å²) in [5, 5.41) is 0. The van der Waals surface area contributed by atoms with Crippen LogP contribution in [0.4, 0.5) is 4.48 Å². The van der Waals surface area contributed by atoms with E-state index in [1.54, 1.807) is 7.05 Å². The van der Waals surface area contributed by atoms with E-state index in [-0.39, 0.29) is 11.2 Å². The van der Waals surface area contributed by atoms with Crippen molar-refractivity contribution in [1.82, 2.24) is 19.3 Å². The molecule has 0 aliphatic carbocycles. The molecule has 0 saturated heterocycles. The maximum Gasteiger partial charge on any atom is 0.358 e. The first-order valence-corrected chi connectivity index (χ1v) is 3.44. The molecule has 7 heteroatoms. The van der Waals surface area contributed by atoms with Gasteiger partial charge in [0.2, 0.25) is 0 Å². The van der Waals surface area contributed by atoms with E-state index in [9.17, 15) is 14.1 Å². The minimum atomic E-state index is -1.10. The molecule has 2 aromatic rings. The Labute approximate surface area is 70.2 Å². The van der Waals surface area contributed by atoms with Gasteiger partial charge in [-0.15, -0.1) is 0 Å². The van der Waals surface area contributed by atoms with Crippen molar-refractivity contribution in [3.05, 3.63) is 27.2 Å². The Morgan fingerprint density at radius 3 is 2.92 bits per heavy atom. The molecule has 0 aliphatic heterocycles.